The Hall–Kier alpha value is -0.255. The Morgan fingerprint density at radius 1 is 1.05 bits per heavy atom. The van der Waals surface area contributed by atoms with E-state index >= 15 is 0 Å². The molecule has 0 saturated carbocycles. The van der Waals surface area contributed by atoms with Crippen LogP contribution in [0.3, 0.4) is 0 Å². The van der Waals surface area contributed by atoms with Crippen LogP contribution >= 0.6 is 0 Å². The van der Waals surface area contributed by atoms with Gasteiger partial charge < -0.3 is 18.8 Å². The lowest BCUT2D eigenvalue weighted by Gasteiger charge is -2.26. The number of hydrogen-bond acceptors (Lipinski definition) is 4. The van der Waals surface area contributed by atoms with Gasteiger partial charge in [-0.25, -0.2) is 0 Å². The van der Waals surface area contributed by atoms with E-state index in [-0.39, 0.29) is 17.8 Å². The number of carbonyl (C=O) groups excluding carboxylic acids is 1. The molecule has 0 aromatic rings. The molecule has 0 aromatic carbocycles. The van der Waals surface area contributed by atoms with Crippen molar-refractivity contribution in [3.63, 3.8) is 0 Å². The van der Waals surface area contributed by atoms with Crippen molar-refractivity contribution in [3.8, 4) is 0 Å². The summed E-state index contributed by atoms with van der Waals surface area (Å²) in [6.45, 7) is 5.10. The van der Waals surface area contributed by atoms with Crippen LogP contribution in [0.15, 0.2) is 0 Å². The van der Waals surface area contributed by atoms with Crippen LogP contribution in [0.5, 0.6) is 0 Å². The quantitative estimate of drug-likeness (QED) is 0.445. The molecule has 0 fully saturated rings. The van der Waals surface area contributed by atoms with Gasteiger partial charge in [-0.05, 0) is 38.0 Å². The highest BCUT2D eigenvalue weighted by atomic mass is 16.4. The van der Waals surface area contributed by atoms with Crippen molar-refractivity contribution in [2.45, 2.75) is 45.6 Å². The van der Waals surface area contributed by atoms with Gasteiger partial charge in [0.15, 0.2) is 0 Å². The molecule has 0 spiro atoms. The van der Waals surface area contributed by atoms with Crippen molar-refractivity contribution >= 4 is 29.9 Å². The number of carbonyl (C=O) groups is 1. The molecule has 0 radical (unpaired) electrons. The molecule has 0 rings (SSSR count). The average Bonchev–Trinajstić information content (AvgIpc) is 2.35. The molecule has 108 valence electrons. The SMILES string of the molecule is BOCC(CC(C)=O)CC(COB)CC(CC)OB. The summed E-state index contributed by atoms with van der Waals surface area (Å²) < 4.78 is 16.0. The fourth-order valence-corrected chi connectivity index (χ4v) is 2.59. The average molecular weight is 268 g/mol. The second kappa shape index (κ2) is 11.6. The molecular formula is C12H27B3O4. The second-order valence-corrected chi connectivity index (χ2v) is 5.29. The fourth-order valence-electron chi connectivity index (χ4n) is 2.59. The summed E-state index contributed by atoms with van der Waals surface area (Å²) in [5, 5.41) is 0. The Balaban J connectivity index is 4.44. The lowest BCUT2D eigenvalue weighted by molar-refractivity contribution is -0.118. The highest BCUT2D eigenvalue weighted by Crippen LogP contribution is 2.23. The molecule has 0 bridgehead atoms. The summed E-state index contributed by atoms with van der Waals surface area (Å²) in [6.07, 6.45) is 3.76. The molecule has 7 heteroatoms. The molecule has 0 aliphatic rings. The van der Waals surface area contributed by atoms with Crippen LogP contribution in [0, 0.1) is 11.8 Å². The first-order chi connectivity index (χ1) is 9.07. The van der Waals surface area contributed by atoms with Gasteiger partial charge in [0.2, 0.25) is 0 Å². The fraction of sp³-hybridized carbons (Fsp3) is 0.917. The van der Waals surface area contributed by atoms with Gasteiger partial charge in [0, 0.05) is 25.7 Å². The maximum atomic E-state index is 11.3. The van der Waals surface area contributed by atoms with Gasteiger partial charge >= 0.3 is 0 Å². The van der Waals surface area contributed by atoms with E-state index in [0.29, 0.717) is 25.6 Å². The van der Waals surface area contributed by atoms with Crippen LogP contribution in [-0.2, 0) is 18.8 Å². The number of Topliss-reactive ketones (excluding diaryl/α,β-unsaturated/α-hetero) is 1. The number of hydrogen-bond donors (Lipinski definition) is 0. The molecule has 0 heterocycles. The molecule has 0 N–H and O–H groups in total. The van der Waals surface area contributed by atoms with Crippen molar-refractivity contribution in [1.82, 2.24) is 0 Å². The summed E-state index contributed by atoms with van der Waals surface area (Å²) in [6, 6.07) is 0. The van der Waals surface area contributed by atoms with Gasteiger partial charge in [-0.3, -0.25) is 0 Å². The topological polar surface area (TPSA) is 44.8 Å². The zero-order valence-corrected chi connectivity index (χ0v) is 13.1. The molecule has 19 heavy (non-hydrogen) atoms. The minimum absolute atomic E-state index is 0.219. The predicted molar refractivity (Wildman–Crippen MR) is 84.2 cm³/mol. The standard InChI is InChI=1S/C12H27B3O4/c1-3-12(19-15)6-11(8-18-14)5-10(7-17-13)4-9(2)16/h10-12H,3-8,13-15H2,1-2H3. The van der Waals surface area contributed by atoms with Gasteiger partial charge in [-0.15, -0.1) is 0 Å². The van der Waals surface area contributed by atoms with Crippen LogP contribution < -0.4 is 0 Å². The summed E-state index contributed by atoms with van der Waals surface area (Å²) in [7, 11) is 5.15. The summed E-state index contributed by atoms with van der Waals surface area (Å²) in [5.74, 6) is 0.906. The minimum atomic E-state index is 0.219. The van der Waals surface area contributed by atoms with Crippen LogP contribution in [0.2, 0.25) is 0 Å². The lowest BCUT2D eigenvalue weighted by atomic mass is 9.87. The Morgan fingerprint density at radius 2 is 1.63 bits per heavy atom. The Bertz CT molecular complexity index is 237. The molecule has 4 nitrogen and oxygen atoms in total. The Labute approximate surface area is 120 Å². The van der Waals surface area contributed by atoms with E-state index in [1.54, 1.807) is 31.1 Å². The Morgan fingerprint density at radius 3 is 2.05 bits per heavy atom. The van der Waals surface area contributed by atoms with Crippen LogP contribution in [0.1, 0.15) is 39.5 Å². The molecule has 3 atom stereocenters. The van der Waals surface area contributed by atoms with E-state index in [4.69, 9.17) is 14.0 Å². The van der Waals surface area contributed by atoms with E-state index in [2.05, 4.69) is 6.92 Å². The Kier molecular flexibility index (Phi) is 11.4. The van der Waals surface area contributed by atoms with Crippen LogP contribution in [0.4, 0.5) is 0 Å². The van der Waals surface area contributed by atoms with Gasteiger partial charge in [-0.2, -0.15) is 0 Å². The van der Waals surface area contributed by atoms with E-state index in [1.807, 2.05) is 0 Å². The zero-order chi connectivity index (χ0) is 14.7. The number of ketones is 1. The first-order valence-corrected chi connectivity index (χ1v) is 7.07. The van der Waals surface area contributed by atoms with Crippen LogP contribution in [-0.4, -0.2) is 49.2 Å². The van der Waals surface area contributed by atoms with Gasteiger partial charge in [0.05, 0.1) is 0 Å². The molecule has 0 aliphatic carbocycles. The van der Waals surface area contributed by atoms with E-state index in [9.17, 15) is 4.79 Å². The maximum absolute atomic E-state index is 11.3. The van der Waals surface area contributed by atoms with Crippen LogP contribution in [0.25, 0.3) is 0 Å². The van der Waals surface area contributed by atoms with Crippen molar-refractivity contribution in [1.29, 1.82) is 0 Å². The zero-order valence-electron chi connectivity index (χ0n) is 13.1. The summed E-state index contributed by atoms with van der Waals surface area (Å²) in [5.41, 5.74) is 0. The largest absolute Gasteiger partial charge is 0.444 e. The number of rotatable bonds is 12. The third-order valence-corrected chi connectivity index (χ3v) is 3.43. The third kappa shape index (κ3) is 9.30. The third-order valence-electron chi connectivity index (χ3n) is 3.43. The molecule has 3 unspecified atom stereocenters. The lowest BCUT2D eigenvalue weighted by Crippen LogP contribution is -2.24. The van der Waals surface area contributed by atoms with Crippen molar-refractivity contribution in [3.05, 3.63) is 0 Å². The van der Waals surface area contributed by atoms with Crippen molar-refractivity contribution in [2.75, 3.05) is 13.2 Å². The first-order valence-electron chi connectivity index (χ1n) is 7.07. The van der Waals surface area contributed by atoms with E-state index in [0.717, 1.165) is 19.3 Å². The molecule has 0 aliphatic heterocycles. The van der Waals surface area contributed by atoms with Gasteiger partial charge in [0.25, 0.3) is 24.1 Å². The van der Waals surface area contributed by atoms with Gasteiger partial charge in [-0.1, -0.05) is 6.92 Å². The molecule has 0 saturated heterocycles. The molecule has 0 amide bonds. The normalized spacial score (nSPS) is 15.9. The predicted octanol–water partition coefficient (Wildman–Crippen LogP) is -0.549. The summed E-state index contributed by atoms with van der Waals surface area (Å²) >= 11 is 0. The molecular weight excluding hydrogens is 241 g/mol. The first kappa shape index (κ1) is 18.7. The minimum Gasteiger partial charge on any atom is -0.444 e. The van der Waals surface area contributed by atoms with Crippen molar-refractivity contribution in [2.24, 2.45) is 11.8 Å². The van der Waals surface area contributed by atoms with E-state index < -0.39 is 0 Å². The molecule has 0 aromatic heterocycles. The summed E-state index contributed by atoms with van der Waals surface area (Å²) in [4.78, 5) is 11.3. The highest BCUT2D eigenvalue weighted by Gasteiger charge is 2.20. The maximum Gasteiger partial charge on any atom is 0.257 e. The second-order valence-electron chi connectivity index (χ2n) is 5.29. The van der Waals surface area contributed by atoms with E-state index in [1.165, 1.54) is 0 Å². The monoisotopic (exact) mass is 268 g/mol. The highest BCUT2D eigenvalue weighted by molar-refractivity contribution is 5.98. The van der Waals surface area contributed by atoms with Gasteiger partial charge in [0.1, 0.15) is 5.78 Å². The smallest absolute Gasteiger partial charge is 0.257 e. The van der Waals surface area contributed by atoms with Crippen molar-refractivity contribution < 1.29 is 18.8 Å².